The number of para-hydroxylation sites is 1. The van der Waals surface area contributed by atoms with Gasteiger partial charge in [-0.25, -0.2) is 13.2 Å². The summed E-state index contributed by atoms with van der Waals surface area (Å²) in [5, 5.41) is 8.76. The van der Waals surface area contributed by atoms with Gasteiger partial charge in [-0.1, -0.05) is 18.2 Å². The molecule has 0 aliphatic carbocycles. The van der Waals surface area contributed by atoms with Gasteiger partial charge in [0.2, 0.25) is 10.0 Å². The lowest BCUT2D eigenvalue weighted by atomic mass is 10.1. The Balaban J connectivity index is 3.17. The molecule has 2 N–H and O–H groups in total. The zero-order valence-corrected chi connectivity index (χ0v) is 10.3. The molecule has 0 saturated heterocycles. The van der Waals surface area contributed by atoms with Crippen molar-refractivity contribution in [3.63, 3.8) is 0 Å². The maximum Gasteiger partial charge on any atom is 0.331 e. The minimum atomic E-state index is -3.38. The number of rotatable bonds is 4. The third kappa shape index (κ3) is 4.28. The van der Waals surface area contributed by atoms with E-state index in [9.17, 15) is 13.2 Å². The highest BCUT2D eigenvalue weighted by Crippen LogP contribution is 2.19. The molecule has 0 heterocycles. The van der Waals surface area contributed by atoms with Crippen molar-refractivity contribution in [2.45, 2.75) is 6.92 Å². The maximum atomic E-state index is 11.1. The van der Waals surface area contributed by atoms with Gasteiger partial charge in [0, 0.05) is 5.57 Å². The molecule has 17 heavy (non-hydrogen) atoms. The van der Waals surface area contributed by atoms with Gasteiger partial charge in [0.05, 0.1) is 11.9 Å². The van der Waals surface area contributed by atoms with Crippen LogP contribution in [0.25, 0.3) is 6.08 Å². The van der Waals surface area contributed by atoms with E-state index in [0.717, 1.165) is 6.26 Å². The maximum absolute atomic E-state index is 11.1. The van der Waals surface area contributed by atoms with Crippen molar-refractivity contribution in [2.24, 2.45) is 0 Å². The van der Waals surface area contributed by atoms with E-state index >= 15 is 0 Å². The van der Waals surface area contributed by atoms with Crippen LogP contribution in [0.4, 0.5) is 5.69 Å². The summed E-state index contributed by atoms with van der Waals surface area (Å²) in [5.74, 6) is -1.04. The Morgan fingerprint density at radius 2 is 1.94 bits per heavy atom. The molecule has 0 aliphatic rings. The summed E-state index contributed by atoms with van der Waals surface area (Å²) in [5.41, 5.74) is 1.00. The molecule has 1 aromatic rings. The first-order valence-electron chi connectivity index (χ1n) is 4.78. The van der Waals surface area contributed by atoms with Crippen LogP contribution < -0.4 is 4.72 Å². The van der Waals surface area contributed by atoms with Gasteiger partial charge in [-0.05, 0) is 24.6 Å². The summed E-state index contributed by atoms with van der Waals surface area (Å²) in [4.78, 5) is 10.7. The van der Waals surface area contributed by atoms with Crippen molar-refractivity contribution >= 4 is 27.8 Å². The van der Waals surface area contributed by atoms with E-state index in [1.807, 2.05) is 0 Å². The molecule has 1 rings (SSSR count). The van der Waals surface area contributed by atoms with Gasteiger partial charge >= 0.3 is 5.97 Å². The molecule has 6 heteroatoms. The highest BCUT2D eigenvalue weighted by atomic mass is 32.2. The Hall–Kier alpha value is -1.82. The first-order chi connectivity index (χ1) is 7.79. The lowest BCUT2D eigenvalue weighted by molar-refractivity contribution is -0.132. The van der Waals surface area contributed by atoms with Crippen LogP contribution >= 0.6 is 0 Å². The number of carboxylic acids is 1. The van der Waals surface area contributed by atoms with Crippen molar-refractivity contribution in [1.29, 1.82) is 0 Å². The molecule has 0 radical (unpaired) electrons. The molecule has 1 aromatic carbocycles. The predicted octanol–water partition coefficient (Wildman–Crippen LogP) is 1.55. The van der Waals surface area contributed by atoms with Crippen LogP contribution in [-0.4, -0.2) is 25.7 Å². The number of sulfonamides is 1. The molecular formula is C11H13NO4S. The van der Waals surface area contributed by atoms with Crippen molar-refractivity contribution in [3.8, 4) is 0 Å². The largest absolute Gasteiger partial charge is 0.478 e. The van der Waals surface area contributed by atoms with Gasteiger partial charge in [-0.2, -0.15) is 0 Å². The molecule has 0 bridgehead atoms. The average molecular weight is 255 g/mol. The average Bonchev–Trinajstić information content (AvgIpc) is 2.18. The fraction of sp³-hybridized carbons (Fsp3) is 0.182. The molecule has 0 amide bonds. The molecule has 0 unspecified atom stereocenters. The normalized spacial score (nSPS) is 12.2. The number of carbonyl (C=O) groups is 1. The molecule has 5 nitrogen and oxygen atoms in total. The second kappa shape index (κ2) is 5.01. The zero-order chi connectivity index (χ0) is 13.1. The molecule has 0 atom stereocenters. The van der Waals surface area contributed by atoms with Crippen LogP contribution in [0.1, 0.15) is 12.5 Å². The number of hydrogen-bond donors (Lipinski definition) is 2. The quantitative estimate of drug-likeness (QED) is 0.799. The molecule has 0 aromatic heterocycles. The van der Waals surface area contributed by atoms with E-state index in [0.29, 0.717) is 11.3 Å². The molecule has 0 fully saturated rings. The molecular weight excluding hydrogens is 242 g/mol. The van der Waals surface area contributed by atoms with E-state index in [4.69, 9.17) is 5.11 Å². The van der Waals surface area contributed by atoms with Gasteiger partial charge < -0.3 is 5.11 Å². The highest BCUT2D eigenvalue weighted by molar-refractivity contribution is 7.92. The summed E-state index contributed by atoms with van der Waals surface area (Å²) in [6.45, 7) is 1.44. The molecule has 0 spiro atoms. The Morgan fingerprint density at radius 1 is 1.35 bits per heavy atom. The van der Waals surface area contributed by atoms with Crippen molar-refractivity contribution in [1.82, 2.24) is 0 Å². The first-order valence-corrected chi connectivity index (χ1v) is 6.67. The summed E-state index contributed by atoms with van der Waals surface area (Å²) in [6, 6.07) is 6.58. The van der Waals surface area contributed by atoms with Crippen LogP contribution in [-0.2, 0) is 14.8 Å². The lowest BCUT2D eigenvalue weighted by Crippen LogP contribution is -2.10. The lowest BCUT2D eigenvalue weighted by Gasteiger charge is -2.07. The van der Waals surface area contributed by atoms with Gasteiger partial charge in [0.25, 0.3) is 0 Å². The van der Waals surface area contributed by atoms with Gasteiger partial charge in [-0.15, -0.1) is 0 Å². The Morgan fingerprint density at radius 3 is 2.47 bits per heavy atom. The number of nitrogens with one attached hydrogen (secondary N) is 1. The second-order valence-corrected chi connectivity index (χ2v) is 5.34. The summed E-state index contributed by atoms with van der Waals surface area (Å²) >= 11 is 0. The van der Waals surface area contributed by atoms with Gasteiger partial charge in [0.1, 0.15) is 0 Å². The predicted molar refractivity (Wildman–Crippen MR) is 66.2 cm³/mol. The summed E-state index contributed by atoms with van der Waals surface area (Å²) in [6.07, 6.45) is 2.45. The Kier molecular flexibility index (Phi) is 3.90. The number of anilines is 1. The topological polar surface area (TPSA) is 83.5 Å². The monoisotopic (exact) mass is 255 g/mol. The summed E-state index contributed by atoms with van der Waals surface area (Å²) in [7, 11) is -3.38. The first kappa shape index (κ1) is 13.2. The van der Waals surface area contributed by atoms with E-state index in [1.54, 1.807) is 24.3 Å². The Labute approximate surface area is 99.8 Å². The molecule has 92 valence electrons. The van der Waals surface area contributed by atoms with E-state index in [-0.39, 0.29) is 5.57 Å². The van der Waals surface area contributed by atoms with Crippen LogP contribution in [0.5, 0.6) is 0 Å². The van der Waals surface area contributed by atoms with Crippen LogP contribution in [0.15, 0.2) is 29.8 Å². The van der Waals surface area contributed by atoms with Crippen LogP contribution in [0.2, 0.25) is 0 Å². The van der Waals surface area contributed by atoms with Crippen molar-refractivity contribution in [2.75, 3.05) is 11.0 Å². The van der Waals surface area contributed by atoms with E-state index in [1.165, 1.54) is 13.0 Å². The SMILES string of the molecule is CC(=Cc1ccccc1NS(C)(=O)=O)C(=O)O. The van der Waals surface area contributed by atoms with Gasteiger partial charge in [-0.3, -0.25) is 4.72 Å². The molecule has 0 aliphatic heterocycles. The fourth-order valence-electron chi connectivity index (χ4n) is 1.21. The van der Waals surface area contributed by atoms with Crippen LogP contribution in [0, 0.1) is 0 Å². The van der Waals surface area contributed by atoms with Gasteiger partial charge in [0.15, 0.2) is 0 Å². The smallest absolute Gasteiger partial charge is 0.331 e. The molecule has 0 saturated carbocycles. The van der Waals surface area contributed by atoms with Crippen LogP contribution in [0.3, 0.4) is 0 Å². The van der Waals surface area contributed by atoms with E-state index < -0.39 is 16.0 Å². The van der Waals surface area contributed by atoms with Crippen molar-refractivity contribution in [3.05, 3.63) is 35.4 Å². The zero-order valence-electron chi connectivity index (χ0n) is 9.47. The summed E-state index contributed by atoms with van der Waals surface area (Å²) < 4.78 is 24.6. The number of benzene rings is 1. The fourth-order valence-corrected chi connectivity index (χ4v) is 1.80. The van der Waals surface area contributed by atoms with E-state index in [2.05, 4.69) is 4.72 Å². The van der Waals surface area contributed by atoms with Crippen molar-refractivity contribution < 1.29 is 18.3 Å². The highest BCUT2D eigenvalue weighted by Gasteiger charge is 2.07. The minimum Gasteiger partial charge on any atom is -0.478 e. The number of hydrogen-bond acceptors (Lipinski definition) is 3. The Bertz CT molecular complexity index is 561. The third-order valence-electron chi connectivity index (χ3n) is 1.97. The standard InChI is InChI=1S/C11H13NO4S/c1-8(11(13)14)7-9-5-3-4-6-10(9)12-17(2,15)16/h3-7,12H,1-2H3,(H,13,14). The number of aliphatic carboxylic acids is 1. The number of carboxylic acid groups (broad SMARTS) is 1. The third-order valence-corrected chi connectivity index (χ3v) is 2.56. The minimum absolute atomic E-state index is 0.132. The second-order valence-electron chi connectivity index (χ2n) is 3.59.